The van der Waals surface area contributed by atoms with Gasteiger partial charge in [0.05, 0.1) is 31.9 Å². The molecule has 3 aromatic rings. The summed E-state index contributed by atoms with van der Waals surface area (Å²) in [6, 6.07) is 10.7. The zero-order valence-electron chi connectivity index (χ0n) is 20.4. The molecule has 0 fully saturated rings. The number of carbonyl (C=O) groups is 1. The van der Waals surface area contributed by atoms with Gasteiger partial charge in [-0.2, -0.15) is 0 Å². The first kappa shape index (κ1) is 28.4. The number of carbonyl (C=O) groups excluding carboxylic acids is 1. The maximum absolute atomic E-state index is 14.9. The van der Waals surface area contributed by atoms with E-state index < -0.39 is 27.8 Å². The highest BCUT2D eigenvalue weighted by Gasteiger charge is 2.35. The van der Waals surface area contributed by atoms with E-state index in [1.807, 2.05) is 0 Å². The average Bonchev–Trinajstić information content (AvgIpc) is 2.88. The molecule has 0 saturated heterocycles. The number of methoxy groups -OCH3 is 3. The van der Waals surface area contributed by atoms with Gasteiger partial charge in [-0.15, -0.1) is 0 Å². The standard InChI is InChI=1S/C25H25Cl2FN2O6S/c1-15(25(31)29-14-16-11-22(34-2)24(36-4)23(12-16)35-3)30(21-13-18(27)7-10-20(21)28)37(32,33)19-8-5-17(26)6-9-19/h5-13,15H,14H2,1-4H3,(H,29,31). The predicted octanol–water partition coefficient (Wildman–Crippen LogP) is 5.06. The first-order valence-corrected chi connectivity index (χ1v) is 13.0. The van der Waals surface area contributed by atoms with Crippen molar-refractivity contribution < 1.29 is 31.8 Å². The smallest absolute Gasteiger partial charge is 0.265 e. The average molecular weight is 571 g/mol. The van der Waals surface area contributed by atoms with E-state index in [0.717, 1.165) is 12.1 Å². The molecular formula is C25H25Cl2FN2O6S. The lowest BCUT2D eigenvalue weighted by Gasteiger charge is -2.30. The fourth-order valence-corrected chi connectivity index (χ4v) is 5.51. The maximum Gasteiger partial charge on any atom is 0.265 e. The van der Waals surface area contributed by atoms with Gasteiger partial charge in [0.1, 0.15) is 11.9 Å². The molecule has 0 spiro atoms. The summed E-state index contributed by atoms with van der Waals surface area (Å²) in [6.45, 7) is 1.34. The van der Waals surface area contributed by atoms with E-state index in [1.54, 1.807) is 12.1 Å². The molecule has 0 aliphatic heterocycles. The number of nitrogens with one attached hydrogen (secondary N) is 1. The van der Waals surface area contributed by atoms with E-state index in [2.05, 4.69) is 5.32 Å². The van der Waals surface area contributed by atoms with Gasteiger partial charge in [0.2, 0.25) is 11.7 Å². The van der Waals surface area contributed by atoms with Crippen molar-refractivity contribution in [3.8, 4) is 17.2 Å². The first-order chi connectivity index (χ1) is 17.5. The molecule has 12 heteroatoms. The summed E-state index contributed by atoms with van der Waals surface area (Å²) in [6.07, 6.45) is 0. The highest BCUT2D eigenvalue weighted by molar-refractivity contribution is 7.93. The van der Waals surface area contributed by atoms with Crippen LogP contribution in [0.3, 0.4) is 0 Å². The normalized spacial score (nSPS) is 12.0. The lowest BCUT2D eigenvalue weighted by atomic mass is 10.1. The molecule has 198 valence electrons. The van der Waals surface area contributed by atoms with Crippen LogP contribution in [0.25, 0.3) is 0 Å². The van der Waals surface area contributed by atoms with E-state index in [4.69, 9.17) is 37.4 Å². The fourth-order valence-electron chi connectivity index (χ4n) is 3.60. The second kappa shape index (κ2) is 11.9. The number of anilines is 1. The molecule has 0 aliphatic rings. The first-order valence-electron chi connectivity index (χ1n) is 10.8. The molecule has 0 saturated carbocycles. The van der Waals surface area contributed by atoms with E-state index in [9.17, 15) is 17.6 Å². The summed E-state index contributed by atoms with van der Waals surface area (Å²) in [7, 11) is -0.0244. The number of hydrogen-bond donors (Lipinski definition) is 1. The minimum atomic E-state index is -4.41. The van der Waals surface area contributed by atoms with Crippen LogP contribution in [0.15, 0.2) is 59.5 Å². The summed E-state index contributed by atoms with van der Waals surface area (Å²) in [5.41, 5.74) is 0.217. The highest BCUT2D eigenvalue weighted by atomic mass is 35.5. The van der Waals surface area contributed by atoms with Crippen molar-refractivity contribution in [2.75, 3.05) is 25.6 Å². The summed E-state index contributed by atoms with van der Waals surface area (Å²) in [4.78, 5) is 13.0. The third-order valence-corrected chi connectivity index (χ3v) is 7.82. The summed E-state index contributed by atoms with van der Waals surface area (Å²) in [5.74, 6) is -0.416. The Morgan fingerprint density at radius 2 is 1.51 bits per heavy atom. The molecule has 0 aliphatic carbocycles. The van der Waals surface area contributed by atoms with Crippen LogP contribution in [0.1, 0.15) is 12.5 Å². The minimum Gasteiger partial charge on any atom is -0.493 e. The largest absolute Gasteiger partial charge is 0.493 e. The number of hydrogen-bond acceptors (Lipinski definition) is 6. The molecule has 1 atom stereocenters. The highest BCUT2D eigenvalue weighted by Crippen LogP contribution is 2.38. The lowest BCUT2D eigenvalue weighted by molar-refractivity contribution is -0.122. The Kier molecular flexibility index (Phi) is 9.12. The van der Waals surface area contributed by atoms with Crippen LogP contribution in [0, 0.1) is 5.82 Å². The summed E-state index contributed by atoms with van der Waals surface area (Å²) >= 11 is 11.9. The molecule has 1 unspecified atom stereocenters. The molecule has 0 bridgehead atoms. The third-order valence-electron chi connectivity index (χ3n) is 5.44. The predicted molar refractivity (Wildman–Crippen MR) is 140 cm³/mol. The summed E-state index contributed by atoms with van der Waals surface area (Å²) in [5, 5.41) is 3.09. The fraction of sp³-hybridized carbons (Fsp3) is 0.240. The van der Waals surface area contributed by atoms with Crippen molar-refractivity contribution in [2.45, 2.75) is 24.4 Å². The Labute approximate surface area is 224 Å². The molecule has 3 rings (SSSR count). The molecule has 37 heavy (non-hydrogen) atoms. The third kappa shape index (κ3) is 6.20. The number of halogens is 3. The van der Waals surface area contributed by atoms with Crippen LogP contribution in [0.4, 0.5) is 10.1 Å². The van der Waals surface area contributed by atoms with Gasteiger partial charge in [-0.25, -0.2) is 12.8 Å². The van der Waals surface area contributed by atoms with Gasteiger partial charge in [0.25, 0.3) is 10.0 Å². The number of sulfonamides is 1. The van der Waals surface area contributed by atoms with Crippen molar-refractivity contribution in [1.29, 1.82) is 0 Å². The van der Waals surface area contributed by atoms with E-state index in [1.165, 1.54) is 58.6 Å². The molecule has 8 nitrogen and oxygen atoms in total. The Hall–Kier alpha value is -3.21. The molecular weight excluding hydrogens is 546 g/mol. The Morgan fingerprint density at radius 1 is 0.946 bits per heavy atom. The van der Waals surface area contributed by atoms with Gasteiger partial charge in [0.15, 0.2) is 11.5 Å². The second-order valence-corrected chi connectivity index (χ2v) is 10.5. The topological polar surface area (TPSA) is 94.2 Å². The van der Waals surface area contributed by atoms with Crippen LogP contribution < -0.4 is 23.8 Å². The van der Waals surface area contributed by atoms with Crippen molar-refractivity contribution in [1.82, 2.24) is 5.32 Å². The van der Waals surface area contributed by atoms with Gasteiger partial charge in [-0.3, -0.25) is 9.10 Å². The number of nitrogens with zero attached hydrogens (tertiary/aromatic N) is 1. The Bertz CT molecular complexity index is 1360. The molecule has 1 N–H and O–H groups in total. The second-order valence-electron chi connectivity index (χ2n) is 7.78. The van der Waals surface area contributed by atoms with Gasteiger partial charge < -0.3 is 19.5 Å². The van der Waals surface area contributed by atoms with E-state index in [-0.39, 0.29) is 22.2 Å². The van der Waals surface area contributed by atoms with Crippen LogP contribution >= 0.6 is 23.2 Å². The zero-order valence-corrected chi connectivity index (χ0v) is 22.7. The quantitative estimate of drug-likeness (QED) is 0.366. The van der Waals surface area contributed by atoms with Gasteiger partial charge >= 0.3 is 0 Å². The van der Waals surface area contributed by atoms with Crippen molar-refractivity contribution >= 4 is 44.8 Å². The van der Waals surface area contributed by atoms with Gasteiger partial charge in [-0.05, 0) is 67.1 Å². The Morgan fingerprint density at radius 3 is 2.05 bits per heavy atom. The van der Waals surface area contributed by atoms with Crippen LogP contribution in [-0.2, 0) is 21.4 Å². The maximum atomic E-state index is 14.9. The molecule has 0 heterocycles. The number of benzene rings is 3. The zero-order chi connectivity index (χ0) is 27.3. The molecule has 0 aromatic heterocycles. The monoisotopic (exact) mass is 570 g/mol. The van der Waals surface area contributed by atoms with E-state index in [0.29, 0.717) is 32.1 Å². The van der Waals surface area contributed by atoms with Crippen molar-refractivity contribution in [3.05, 3.63) is 76.0 Å². The van der Waals surface area contributed by atoms with Crippen LogP contribution in [-0.4, -0.2) is 41.7 Å². The van der Waals surface area contributed by atoms with E-state index >= 15 is 0 Å². The van der Waals surface area contributed by atoms with Crippen LogP contribution in [0.5, 0.6) is 17.2 Å². The van der Waals surface area contributed by atoms with Gasteiger partial charge in [-0.1, -0.05) is 23.2 Å². The Balaban J connectivity index is 1.97. The lowest BCUT2D eigenvalue weighted by Crippen LogP contribution is -2.48. The number of ether oxygens (including phenoxy) is 3. The summed E-state index contributed by atoms with van der Waals surface area (Å²) < 4.78 is 58.8. The van der Waals surface area contributed by atoms with Crippen molar-refractivity contribution in [2.24, 2.45) is 0 Å². The van der Waals surface area contributed by atoms with Crippen molar-refractivity contribution in [3.63, 3.8) is 0 Å². The molecule has 3 aromatic carbocycles. The number of rotatable bonds is 10. The number of amides is 1. The van der Waals surface area contributed by atoms with Crippen LogP contribution in [0.2, 0.25) is 10.0 Å². The SMILES string of the molecule is COc1cc(CNC(=O)C(C)N(c2cc(Cl)ccc2F)S(=O)(=O)c2ccc(Cl)cc2)cc(OC)c1OC. The molecule has 0 radical (unpaired) electrons. The van der Waals surface area contributed by atoms with Gasteiger partial charge in [0, 0.05) is 16.6 Å². The molecule has 1 amide bonds. The minimum absolute atomic E-state index is 0.00719.